The maximum Gasteiger partial charge on any atom is 0.256 e. The summed E-state index contributed by atoms with van der Waals surface area (Å²) in [6, 6.07) is 1.84. The number of hydrogen-bond acceptors (Lipinski definition) is 5. The lowest BCUT2D eigenvalue weighted by Gasteiger charge is -2.25. The van der Waals surface area contributed by atoms with E-state index in [1.165, 1.54) is 0 Å². The highest BCUT2D eigenvalue weighted by molar-refractivity contribution is 7.98. The third-order valence-corrected chi connectivity index (χ3v) is 3.41. The number of nitrogens with two attached hydrogens (primary N) is 1. The predicted octanol–water partition coefficient (Wildman–Crippen LogP) is 1.19. The molecule has 1 unspecified atom stereocenters. The van der Waals surface area contributed by atoms with E-state index < -0.39 is 0 Å². The Labute approximate surface area is 106 Å². The van der Waals surface area contributed by atoms with E-state index in [2.05, 4.69) is 10.4 Å². The quantitative estimate of drug-likeness (QED) is 0.610. The Hall–Kier alpha value is -1.27. The number of hydrazine groups is 1. The van der Waals surface area contributed by atoms with Gasteiger partial charge in [0.25, 0.3) is 5.91 Å². The van der Waals surface area contributed by atoms with Crippen molar-refractivity contribution in [2.45, 2.75) is 13.0 Å². The summed E-state index contributed by atoms with van der Waals surface area (Å²) in [5.41, 5.74) is 3.57. The first kappa shape index (κ1) is 13.8. The summed E-state index contributed by atoms with van der Waals surface area (Å²) in [6.07, 6.45) is 5.15. The number of amides is 1. The highest BCUT2D eigenvalue weighted by Crippen LogP contribution is 2.16. The van der Waals surface area contributed by atoms with E-state index in [4.69, 9.17) is 5.84 Å². The molecule has 17 heavy (non-hydrogen) atoms. The number of carbonyl (C=O) groups is 1. The second-order valence-corrected chi connectivity index (χ2v) is 4.70. The number of hydrogen-bond donors (Lipinski definition) is 2. The number of anilines is 1. The van der Waals surface area contributed by atoms with Gasteiger partial charge >= 0.3 is 0 Å². The molecule has 0 aliphatic rings. The largest absolute Gasteiger partial charge is 0.338 e. The molecule has 1 amide bonds. The molecule has 0 saturated heterocycles. The van der Waals surface area contributed by atoms with Gasteiger partial charge in [0, 0.05) is 25.0 Å². The fraction of sp³-hybridized carbons (Fsp3) is 0.455. The number of carbonyl (C=O) groups excluding carboxylic acids is 1. The lowest BCUT2D eigenvalue weighted by Crippen LogP contribution is -2.37. The smallest absolute Gasteiger partial charge is 0.256 e. The number of thioether (sulfide) groups is 1. The fourth-order valence-electron chi connectivity index (χ4n) is 1.44. The summed E-state index contributed by atoms with van der Waals surface area (Å²) in [6.45, 7) is 2.02. The van der Waals surface area contributed by atoms with Crippen molar-refractivity contribution in [3.05, 3.63) is 24.0 Å². The van der Waals surface area contributed by atoms with Crippen molar-refractivity contribution in [3.8, 4) is 0 Å². The fourth-order valence-corrected chi connectivity index (χ4v) is 2.15. The highest BCUT2D eigenvalue weighted by Gasteiger charge is 2.19. The summed E-state index contributed by atoms with van der Waals surface area (Å²) in [5.74, 6) is 6.21. The number of aromatic nitrogens is 1. The van der Waals surface area contributed by atoms with Gasteiger partial charge in [-0.3, -0.25) is 15.6 Å². The molecule has 1 aromatic rings. The van der Waals surface area contributed by atoms with Gasteiger partial charge in [0.1, 0.15) is 0 Å². The first-order valence-electron chi connectivity index (χ1n) is 5.28. The molecule has 0 radical (unpaired) electrons. The zero-order valence-corrected chi connectivity index (χ0v) is 11.1. The molecule has 3 N–H and O–H groups in total. The first-order chi connectivity index (χ1) is 8.11. The molecule has 0 fully saturated rings. The van der Waals surface area contributed by atoms with Crippen molar-refractivity contribution < 1.29 is 4.79 Å². The molecule has 1 aromatic heterocycles. The molecular formula is C11H18N4OS. The maximum atomic E-state index is 12.2. The van der Waals surface area contributed by atoms with Crippen molar-refractivity contribution in [2.75, 3.05) is 24.5 Å². The van der Waals surface area contributed by atoms with Gasteiger partial charge in [0.05, 0.1) is 17.4 Å². The van der Waals surface area contributed by atoms with Gasteiger partial charge in [0.2, 0.25) is 0 Å². The summed E-state index contributed by atoms with van der Waals surface area (Å²) in [7, 11) is 1.80. The van der Waals surface area contributed by atoms with Crippen LogP contribution in [0.4, 0.5) is 5.69 Å². The van der Waals surface area contributed by atoms with E-state index in [0.29, 0.717) is 11.3 Å². The zero-order chi connectivity index (χ0) is 12.8. The van der Waals surface area contributed by atoms with Crippen molar-refractivity contribution in [1.29, 1.82) is 0 Å². The Morgan fingerprint density at radius 1 is 1.71 bits per heavy atom. The van der Waals surface area contributed by atoms with Crippen LogP contribution in [0.25, 0.3) is 0 Å². The molecule has 0 saturated carbocycles. The Balaban J connectivity index is 2.88. The molecule has 1 atom stereocenters. The molecule has 94 valence electrons. The Morgan fingerprint density at radius 3 is 3.00 bits per heavy atom. The van der Waals surface area contributed by atoms with Crippen molar-refractivity contribution in [2.24, 2.45) is 5.84 Å². The normalized spacial score (nSPS) is 12.0. The third-order valence-electron chi connectivity index (χ3n) is 2.60. The van der Waals surface area contributed by atoms with Crippen LogP contribution in [0.1, 0.15) is 17.3 Å². The molecule has 1 heterocycles. The van der Waals surface area contributed by atoms with E-state index in [1.54, 1.807) is 42.2 Å². The summed E-state index contributed by atoms with van der Waals surface area (Å²) < 4.78 is 0. The standard InChI is InChI=1S/C11H18N4OS/c1-8(7-17-3)15(2)11(16)9-4-5-13-6-10(9)14-12/h4-6,8,14H,7,12H2,1-3H3. The number of pyridine rings is 1. The molecule has 0 bridgehead atoms. The van der Waals surface area contributed by atoms with Gasteiger partial charge in [-0.1, -0.05) is 0 Å². The Kier molecular flexibility index (Phi) is 5.24. The Bertz CT molecular complexity index is 385. The number of nitrogen functional groups attached to an aromatic ring is 1. The second kappa shape index (κ2) is 6.46. The average Bonchev–Trinajstić information content (AvgIpc) is 2.37. The van der Waals surface area contributed by atoms with E-state index in [1.807, 2.05) is 13.2 Å². The Morgan fingerprint density at radius 2 is 2.41 bits per heavy atom. The number of rotatable bonds is 5. The van der Waals surface area contributed by atoms with Crippen LogP contribution in [-0.4, -0.2) is 40.9 Å². The minimum Gasteiger partial charge on any atom is -0.338 e. The van der Waals surface area contributed by atoms with Crippen LogP contribution in [0.2, 0.25) is 0 Å². The van der Waals surface area contributed by atoms with E-state index in [0.717, 1.165) is 5.75 Å². The zero-order valence-electron chi connectivity index (χ0n) is 10.3. The lowest BCUT2D eigenvalue weighted by molar-refractivity contribution is 0.0758. The molecule has 1 rings (SSSR count). The van der Waals surface area contributed by atoms with Crippen LogP contribution in [0.15, 0.2) is 18.5 Å². The molecule has 0 aliphatic carbocycles. The van der Waals surface area contributed by atoms with Crippen molar-refractivity contribution in [3.63, 3.8) is 0 Å². The van der Waals surface area contributed by atoms with Crippen molar-refractivity contribution in [1.82, 2.24) is 9.88 Å². The van der Waals surface area contributed by atoms with Crippen LogP contribution >= 0.6 is 11.8 Å². The number of nitrogens with one attached hydrogen (secondary N) is 1. The molecule has 0 aromatic carbocycles. The van der Waals surface area contributed by atoms with Crippen LogP contribution in [0, 0.1) is 0 Å². The molecule has 0 spiro atoms. The maximum absolute atomic E-state index is 12.2. The minimum atomic E-state index is -0.0538. The van der Waals surface area contributed by atoms with Gasteiger partial charge < -0.3 is 10.3 Å². The molecule has 0 aliphatic heterocycles. The summed E-state index contributed by atoms with van der Waals surface area (Å²) in [5, 5.41) is 0. The van der Waals surface area contributed by atoms with Gasteiger partial charge in [0.15, 0.2) is 0 Å². The summed E-state index contributed by atoms with van der Waals surface area (Å²) >= 11 is 1.71. The van der Waals surface area contributed by atoms with E-state index in [9.17, 15) is 4.79 Å². The van der Waals surface area contributed by atoms with Gasteiger partial charge in [-0.2, -0.15) is 11.8 Å². The molecule has 6 heteroatoms. The lowest BCUT2D eigenvalue weighted by atomic mass is 10.2. The second-order valence-electron chi connectivity index (χ2n) is 3.79. The highest BCUT2D eigenvalue weighted by atomic mass is 32.2. The number of nitrogens with zero attached hydrogens (tertiary/aromatic N) is 2. The van der Waals surface area contributed by atoms with Gasteiger partial charge in [-0.25, -0.2) is 0 Å². The van der Waals surface area contributed by atoms with Gasteiger partial charge in [-0.05, 0) is 19.2 Å². The predicted molar refractivity (Wildman–Crippen MR) is 72.0 cm³/mol. The van der Waals surface area contributed by atoms with Crippen LogP contribution in [-0.2, 0) is 0 Å². The topological polar surface area (TPSA) is 71.2 Å². The van der Waals surface area contributed by atoms with Crippen LogP contribution in [0.3, 0.4) is 0 Å². The van der Waals surface area contributed by atoms with Crippen LogP contribution in [0.5, 0.6) is 0 Å². The first-order valence-corrected chi connectivity index (χ1v) is 6.68. The van der Waals surface area contributed by atoms with Crippen LogP contribution < -0.4 is 11.3 Å². The summed E-state index contributed by atoms with van der Waals surface area (Å²) in [4.78, 5) is 17.9. The monoisotopic (exact) mass is 254 g/mol. The van der Waals surface area contributed by atoms with Gasteiger partial charge in [-0.15, -0.1) is 0 Å². The van der Waals surface area contributed by atoms with E-state index >= 15 is 0 Å². The minimum absolute atomic E-state index is 0.0538. The van der Waals surface area contributed by atoms with Crippen molar-refractivity contribution >= 4 is 23.4 Å². The molecular weight excluding hydrogens is 236 g/mol. The third kappa shape index (κ3) is 3.34. The average molecular weight is 254 g/mol. The molecule has 5 nitrogen and oxygen atoms in total. The SMILES string of the molecule is CSCC(C)N(C)C(=O)c1ccncc1NN. The van der Waals surface area contributed by atoms with E-state index in [-0.39, 0.29) is 11.9 Å².